The van der Waals surface area contributed by atoms with Crippen LogP contribution in [0.3, 0.4) is 0 Å². The van der Waals surface area contributed by atoms with Gasteiger partial charge >= 0.3 is 0 Å². The topological polar surface area (TPSA) is 73.5 Å². The van der Waals surface area contributed by atoms with E-state index >= 15 is 0 Å². The van der Waals surface area contributed by atoms with Crippen LogP contribution in [0.5, 0.6) is 0 Å². The van der Waals surface area contributed by atoms with Crippen molar-refractivity contribution in [3.05, 3.63) is 23.8 Å². The highest BCUT2D eigenvalue weighted by atomic mass is 16.2. The Morgan fingerprint density at radius 1 is 1.19 bits per heavy atom. The second kappa shape index (κ2) is 9.03. The van der Waals surface area contributed by atoms with Crippen LogP contribution >= 0.6 is 0 Å². The molecule has 26 heavy (non-hydrogen) atoms. The molecule has 0 aliphatic carbocycles. The summed E-state index contributed by atoms with van der Waals surface area (Å²) in [6.07, 6.45) is 0. The van der Waals surface area contributed by atoms with E-state index in [0.29, 0.717) is 23.7 Å². The van der Waals surface area contributed by atoms with Crippen molar-refractivity contribution in [1.29, 1.82) is 0 Å². The van der Waals surface area contributed by atoms with Gasteiger partial charge in [-0.1, -0.05) is 34.6 Å². The van der Waals surface area contributed by atoms with Crippen molar-refractivity contribution in [1.82, 2.24) is 10.2 Å². The fourth-order valence-electron chi connectivity index (χ4n) is 3.18. The molecule has 0 spiro atoms. The molecule has 6 nitrogen and oxygen atoms in total. The number of anilines is 2. The Labute approximate surface area is 156 Å². The third-order valence-electron chi connectivity index (χ3n) is 4.88. The maximum Gasteiger partial charge on any atom is 0.251 e. The molecule has 2 rings (SSSR count). The van der Waals surface area contributed by atoms with E-state index in [-0.39, 0.29) is 23.8 Å². The minimum absolute atomic E-state index is 0.0575. The highest BCUT2D eigenvalue weighted by Gasteiger charge is 2.28. The lowest BCUT2D eigenvalue weighted by Gasteiger charge is -2.29. The van der Waals surface area contributed by atoms with Crippen molar-refractivity contribution in [2.45, 2.75) is 40.7 Å². The van der Waals surface area contributed by atoms with Gasteiger partial charge in [-0.2, -0.15) is 0 Å². The summed E-state index contributed by atoms with van der Waals surface area (Å²) in [4.78, 5) is 27.0. The predicted molar refractivity (Wildman–Crippen MR) is 107 cm³/mol. The van der Waals surface area contributed by atoms with Gasteiger partial charge in [-0.25, -0.2) is 0 Å². The van der Waals surface area contributed by atoms with Crippen LogP contribution in [0.15, 0.2) is 18.2 Å². The minimum Gasteiger partial charge on any atom is -0.372 e. The molecule has 1 aromatic rings. The normalized spacial score (nSPS) is 17.5. The van der Waals surface area contributed by atoms with Crippen LogP contribution in [-0.4, -0.2) is 48.9 Å². The van der Waals surface area contributed by atoms with E-state index in [4.69, 9.17) is 0 Å². The van der Waals surface area contributed by atoms with Crippen LogP contribution in [0.25, 0.3) is 0 Å². The first-order chi connectivity index (χ1) is 12.3. The zero-order chi connectivity index (χ0) is 19.3. The number of benzene rings is 1. The van der Waals surface area contributed by atoms with E-state index in [1.807, 2.05) is 19.9 Å². The molecule has 1 aliphatic heterocycles. The lowest BCUT2D eigenvalue weighted by Crippen LogP contribution is -2.42. The maximum absolute atomic E-state index is 12.5. The van der Waals surface area contributed by atoms with Crippen LogP contribution in [0.4, 0.5) is 11.4 Å². The van der Waals surface area contributed by atoms with Gasteiger partial charge in [-0.3, -0.25) is 9.59 Å². The molecule has 0 saturated heterocycles. The summed E-state index contributed by atoms with van der Waals surface area (Å²) in [5.41, 5.74) is 2.08. The zero-order valence-corrected chi connectivity index (χ0v) is 16.6. The molecular formula is C20H32N4O2. The zero-order valence-electron chi connectivity index (χ0n) is 16.6. The Morgan fingerprint density at radius 2 is 1.88 bits per heavy atom. The molecule has 0 radical (unpaired) electrons. The largest absolute Gasteiger partial charge is 0.372 e. The second-order valence-electron chi connectivity index (χ2n) is 7.42. The summed E-state index contributed by atoms with van der Waals surface area (Å²) < 4.78 is 0. The lowest BCUT2D eigenvalue weighted by atomic mass is 9.99. The number of rotatable bonds is 8. The van der Waals surface area contributed by atoms with Crippen molar-refractivity contribution in [3.63, 3.8) is 0 Å². The van der Waals surface area contributed by atoms with E-state index < -0.39 is 0 Å². The first-order valence-electron chi connectivity index (χ1n) is 9.57. The standard InChI is InChI=1S/C20H32N4O2/c1-6-24(7-2)12-14(5)11-21-19(25)15-8-9-16-17(10-15)23-20(26)18(22-16)13(3)4/h8-10,13-14,18,22H,6-7,11-12H2,1-5H3,(H,21,25)(H,23,26)/t14-,18+/m1/s1. The number of fused-ring (bicyclic) bond motifs is 1. The van der Waals surface area contributed by atoms with Crippen molar-refractivity contribution < 1.29 is 9.59 Å². The number of hydrogen-bond acceptors (Lipinski definition) is 4. The van der Waals surface area contributed by atoms with Gasteiger partial charge in [-0.15, -0.1) is 0 Å². The van der Waals surface area contributed by atoms with Gasteiger partial charge in [0.05, 0.1) is 11.4 Å². The number of hydrogen-bond donors (Lipinski definition) is 3. The van der Waals surface area contributed by atoms with Gasteiger partial charge in [0.25, 0.3) is 5.91 Å². The molecule has 6 heteroatoms. The van der Waals surface area contributed by atoms with E-state index in [2.05, 4.69) is 41.6 Å². The van der Waals surface area contributed by atoms with Crippen LogP contribution in [0.1, 0.15) is 45.0 Å². The molecule has 0 unspecified atom stereocenters. The number of nitrogens with one attached hydrogen (secondary N) is 3. The Morgan fingerprint density at radius 3 is 2.50 bits per heavy atom. The smallest absolute Gasteiger partial charge is 0.251 e. The maximum atomic E-state index is 12.5. The Balaban J connectivity index is 1.97. The van der Waals surface area contributed by atoms with E-state index in [9.17, 15) is 9.59 Å². The average Bonchev–Trinajstić information content (AvgIpc) is 2.62. The predicted octanol–water partition coefficient (Wildman–Crippen LogP) is 2.78. The van der Waals surface area contributed by atoms with E-state index in [1.165, 1.54) is 0 Å². The summed E-state index contributed by atoms with van der Waals surface area (Å²) in [5, 5.41) is 9.15. The third kappa shape index (κ3) is 4.97. The van der Waals surface area contributed by atoms with Gasteiger partial charge in [0.15, 0.2) is 0 Å². The molecule has 0 saturated carbocycles. The molecule has 0 aromatic heterocycles. The Kier molecular flexibility index (Phi) is 7.03. The molecule has 2 atom stereocenters. The fraction of sp³-hybridized carbons (Fsp3) is 0.600. The number of nitrogens with zero attached hydrogens (tertiary/aromatic N) is 1. The highest BCUT2D eigenvalue weighted by Crippen LogP contribution is 2.29. The number of carbonyl (C=O) groups excluding carboxylic acids is 2. The van der Waals surface area contributed by atoms with Crippen molar-refractivity contribution in [2.24, 2.45) is 11.8 Å². The third-order valence-corrected chi connectivity index (χ3v) is 4.88. The summed E-state index contributed by atoms with van der Waals surface area (Å²) in [5.74, 6) is 0.403. The van der Waals surface area contributed by atoms with Gasteiger partial charge in [0, 0.05) is 18.7 Å². The monoisotopic (exact) mass is 360 g/mol. The van der Waals surface area contributed by atoms with E-state index in [1.54, 1.807) is 12.1 Å². The molecule has 0 bridgehead atoms. The van der Waals surface area contributed by atoms with Crippen LogP contribution in [0.2, 0.25) is 0 Å². The fourth-order valence-corrected chi connectivity index (χ4v) is 3.18. The van der Waals surface area contributed by atoms with Crippen LogP contribution in [0, 0.1) is 11.8 Å². The summed E-state index contributed by atoms with van der Waals surface area (Å²) in [6.45, 7) is 14.1. The molecule has 3 N–H and O–H groups in total. The molecule has 0 fully saturated rings. The Bertz CT molecular complexity index is 641. The Hall–Kier alpha value is -2.08. The van der Waals surface area contributed by atoms with Gasteiger partial charge in [0.1, 0.15) is 6.04 Å². The number of amides is 2. The second-order valence-corrected chi connectivity index (χ2v) is 7.42. The van der Waals surface area contributed by atoms with Gasteiger partial charge in [0.2, 0.25) is 5.91 Å². The molecule has 1 aromatic carbocycles. The molecule has 2 amide bonds. The van der Waals surface area contributed by atoms with Crippen LogP contribution < -0.4 is 16.0 Å². The molecule has 1 heterocycles. The van der Waals surface area contributed by atoms with Crippen molar-refractivity contribution in [2.75, 3.05) is 36.8 Å². The number of carbonyl (C=O) groups is 2. The van der Waals surface area contributed by atoms with Crippen molar-refractivity contribution in [3.8, 4) is 0 Å². The SMILES string of the molecule is CCN(CC)C[C@H](C)CNC(=O)c1ccc2c(c1)NC(=O)[C@H](C(C)C)N2. The van der Waals surface area contributed by atoms with Gasteiger partial charge in [-0.05, 0) is 43.1 Å². The molecule has 144 valence electrons. The minimum atomic E-state index is -0.247. The summed E-state index contributed by atoms with van der Waals surface area (Å²) >= 11 is 0. The van der Waals surface area contributed by atoms with E-state index in [0.717, 1.165) is 25.3 Å². The first kappa shape index (κ1) is 20.2. The molecular weight excluding hydrogens is 328 g/mol. The molecule has 1 aliphatic rings. The average molecular weight is 361 g/mol. The van der Waals surface area contributed by atoms with Crippen LogP contribution in [-0.2, 0) is 4.79 Å². The first-order valence-corrected chi connectivity index (χ1v) is 9.57. The van der Waals surface area contributed by atoms with Gasteiger partial charge < -0.3 is 20.9 Å². The summed E-state index contributed by atoms with van der Waals surface area (Å²) in [6, 6.07) is 5.15. The summed E-state index contributed by atoms with van der Waals surface area (Å²) in [7, 11) is 0. The lowest BCUT2D eigenvalue weighted by molar-refractivity contribution is -0.117. The highest BCUT2D eigenvalue weighted by molar-refractivity contribution is 6.05. The quantitative estimate of drug-likeness (QED) is 0.666. The van der Waals surface area contributed by atoms with Crippen molar-refractivity contribution >= 4 is 23.2 Å².